The third-order valence-corrected chi connectivity index (χ3v) is 9.25. The lowest BCUT2D eigenvalue weighted by Crippen LogP contribution is -2.35. The number of anilines is 1. The van der Waals surface area contributed by atoms with Crippen molar-refractivity contribution in [1.82, 2.24) is 10.3 Å². The highest BCUT2D eigenvalue weighted by Gasteiger charge is 2.41. The second-order valence-corrected chi connectivity index (χ2v) is 11.7. The molecule has 5 rings (SSSR count). The third kappa shape index (κ3) is 5.09. The van der Waals surface area contributed by atoms with Crippen LogP contribution in [-0.4, -0.2) is 59.2 Å². The van der Waals surface area contributed by atoms with Crippen molar-refractivity contribution in [3.05, 3.63) is 69.9 Å². The first-order valence-corrected chi connectivity index (χ1v) is 14.9. The molecule has 0 fully saturated rings. The lowest BCUT2D eigenvalue weighted by molar-refractivity contribution is -0.125. The summed E-state index contributed by atoms with van der Waals surface area (Å²) >= 11 is 0. The number of carbonyl (C=O) groups excluding carboxylic acids is 3. The van der Waals surface area contributed by atoms with Gasteiger partial charge in [-0.25, -0.2) is 4.98 Å². The predicted octanol–water partition coefficient (Wildman–Crippen LogP) is 3.91. The van der Waals surface area contributed by atoms with Crippen LogP contribution in [0, 0.1) is 5.92 Å². The lowest BCUT2D eigenvalue weighted by atomic mass is 9.75. The number of hydrogen-bond donors (Lipinski definition) is 4. The number of pyridine rings is 1. The molecule has 1 amide bonds. The van der Waals surface area contributed by atoms with Crippen LogP contribution in [0.15, 0.2) is 41.6 Å². The molecule has 12 heteroatoms. The molecule has 0 saturated heterocycles. The van der Waals surface area contributed by atoms with E-state index in [1.807, 2.05) is 12.1 Å². The van der Waals surface area contributed by atoms with Gasteiger partial charge in [-0.15, -0.1) is 0 Å². The predicted molar refractivity (Wildman–Crippen MR) is 151 cm³/mol. The van der Waals surface area contributed by atoms with Crippen molar-refractivity contribution in [3.63, 3.8) is 0 Å². The van der Waals surface area contributed by atoms with Gasteiger partial charge in [0.2, 0.25) is 11.7 Å². The second-order valence-electron chi connectivity index (χ2n) is 9.27. The van der Waals surface area contributed by atoms with Crippen LogP contribution < -0.4 is 15.5 Å². The van der Waals surface area contributed by atoms with Gasteiger partial charge in [-0.2, -0.15) is 0 Å². The number of ether oxygens (including phenoxy) is 1. The standard InChI is InChI=1S/C28H27N3O7S2/c1-37-19-5-3-4-17-21(19)27(35)23-22(25(17)33)26(34)18-12-14(6-8-16(18)24(23)32)28(36)29-10-11-39-40-20-9-7-15(13-30-20)31-38-2/h3-5,7,9,13-14,31-32,34H,6,8,10-12H2,1-2H3,(H,29,36)/t14-/m0/s1. The van der Waals surface area contributed by atoms with Gasteiger partial charge in [-0.05, 0) is 48.3 Å². The van der Waals surface area contributed by atoms with Gasteiger partial charge in [-0.1, -0.05) is 22.9 Å². The normalized spacial score (nSPS) is 15.6. The Labute approximate surface area is 238 Å². The summed E-state index contributed by atoms with van der Waals surface area (Å²) in [6.07, 6.45) is 2.53. The van der Waals surface area contributed by atoms with Crippen LogP contribution >= 0.6 is 21.6 Å². The number of nitrogens with one attached hydrogen (secondary N) is 2. The maximum Gasteiger partial charge on any atom is 0.223 e. The SMILES string of the molecule is CONc1ccc(SSCCNC(=O)[C@H]2CCc3c(O)c4c(c(O)c3C2)C(=O)c2cccc(OC)c2C4=O)nc1. The Hall–Kier alpha value is -3.74. The van der Waals surface area contributed by atoms with E-state index in [1.165, 1.54) is 31.1 Å². The zero-order valence-electron chi connectivity index (χ0n) is 21.8. The van der Waals surface area contributed by atoms with Gasteiger partial charge >= 0.3 is 0 Å². The van der Waals surface area contributed by atoms with Gasteiger partial charge < -0.3 is 20.3 Å². The van der Waals surface area contributed by atoms with E-state index in [0.29, 0.717) is 29.8 Å². The molecule has 0 saturated carbocycles. The molecule has 4 N–H and O–H groups in total. The number of methoxy groups -OCH3 is 1. The third-order valence-electron chi connectivity index (χ3n) is 6.98. The van der Waals surface area contributed by atoms with Gasteiger partial charge in [0.25, 0.3) is 0 Å². The largest absolute Gasteiger partial charge is 0.507 e. The number of rotatable bonds is 9. The fourth-order valence-corrected chi connectivity index (χ4v) is 6.87. The summed E-state index contributed by atoms with van der Waals surface area (Å²) in [6, 6.07) is 8.37. The zero-order valence-corrected chi connectivity index (χ0v) is 23.4. The molecule has 40 heavy (non-hydrogen) atoms. The van der Waals surface area contributed by atoms with Gasteiger partial charge in [0, 0.05) is 34.9 Å². The van der Waals surface area contributed by atoms with E-state index in [9.17, 15) is 24.6 Å². The minimum absolute atomic E-state index is 0.0668. The Morgan fingerprint density at radius 3 is 2.55 bits per heavy atom. The van der Waals surface area contributed by atoms with Crippen molar-refractivity contribution in [2.45, 2.75) is 24.3 Å². The maximum atomic E-state index is 13.4. The number of amides is 1. The van der Waals surface area contributed by atoms with Gasteiger partial charge in [0.05, 0.1) is 42.8 Å². The average Bonchev–Trinajstić information content (AvgIpc) is 2.97. The minimum Gasteiger partial charge on any atom is -0.507 e. The number of aromatic hydroxyl groups is 2. The topological polar surface area (TPSA) is 147 Å². The van der Waals surface area contributed by atoms with E-state index in [1.54, 1.807) is 29.1 Å². The van der Waals surface area contributed by atoms with Crippen LogP contribution in [0.1, 0.15) is 49.4 Å². The first-order valence-electron chi connectivity index (χ1n) is 12.5. The fourth-order valence-electron chi connectivity index (χ4n) is 5.10. The van der Waals surface area contributed by atoms with Crippen LogP contribution in [0.2, 0.25) is 0 Å². The Balaban J connectivity index is 1.25. The van der Waals surface area contributed by atoms with Crippen molar-refractivity contribution in [3.8, 4) is 17.2 Å². The zero-order chi connectivity index (χ0) is 28.4. The van der Waals surface area contributed by atoms with E-state index in [4.69, 9.17) is 9.57 Å². The summed E-state index contributed by atoms with van der Waals surface area (Å²) in [5.74, 6) is -1.55. The first kappa shape index (κ1) is 27.8. The van der Waals surface area contributed by atoms with E-state index in [0.717, 1.165) is 10.7 Å². The van der Waals surface area contributed by atoms with Crippen molar-refractivity contribution < 1.29 is 34.2 Å². The molecule has 0 unspecified atom stereocenters. The molecule has 1 atom stereocenters. The monoisotopic (exact) mass is 581 g/mol. The van der Waals surface area contributed by atoms with E-state index in [-0.39, 0.29) is 58.3 Å². The number of phenolic OH excluding ortho intramolecular Hbond substituents is 2. The number of phenols is 2. The summed E-state index contributed by atoms with van der Waals surface area (Å²) in [5, 5.41) is 26.0. The summed E-state index contributed by atoms with van der Waals surface area (Å²) < 4.78 is 5.28. The number of carbonyl (C=O) groups is 3. The number of fused-ring (bicyclic) bond motifs is 3. The Morgan fingerprint density at radius 2 is 1.82 bits per heavy atom. The van der Waals surface area contributed by atoms with Crippen LogP contribution in [-0.2, 0) is 22.5 Å². The molecule has 10 nitrogen and oxygen atoms in total. The molecule has 3 aromatic rings. The lowest BCUT2D eigenvalue weighted by Gasteiger charge is -2.29. The maximum absolute atomic E-state index is 13.4. The number of hydrogen-bond acceptors (Lipinski definition) is 11. The minimum atomic E-state index is -0.578. The van der Waals surface area contributed by atoms with Crippen molar-refractivity contribution in [1.29, 1.82) is 0 Å². The van der Waals surface area contributed by atoms with Crippen molar-refractivity contribution >= 4 is 44.7 Å². The van der Waals surface area contributed by atoms with E-state index >= 15 is 0 Å². The van der Waals surface area contributed by atoms with Crippen LogP contribution in [0.3, 0.4) is 0 Å². The molecular weight excluding hydrogens is 554 g/mol. The average molecular weight is 582 g/mol. The first-order chi connectivity index (χ1) is 19.3. The summed E-state index contributed by atoms with van der Waals surface area (Å²) in [5.41, 5.74) is 3.91. The highest BCUT2D eigenvalue weighted by Crippen LogP contribution is 2.47. The Bertz CT molecular complexity index is 1490. The molecule has 1 aromatic heterocycles. The molecule has 0 spiro atoms. The fraction of sp³-hybridized carbons (Fsp3) is 0.286. The molecule has 0 bridgehead atoms. The molecule has 1 heterocycles. The molecule has 0 aliphatic heterocycles. The van der Waals surface area contributed by atoms with E-state index in [2.05, 4.69) is 15.8 Å². The van der Waals surface area contributed by atoms with E-state index < -0.39 is 17.5 Å². The summed E-state index contributed by atoms with van der Waals surface area (Å²) in [6.45, 7) is 0.441. The molecule has 208 valence electrons. The van der Waals surface area contributed by atoms with Crippen LogP contribution in [0.5, 0.6) is 17.2 Å². The number of aromatic nitrogens is 1. The van der Waals surface area contributed by atoms with Gasteiger partial charge in [0.1, 0.15) is 22.3 Å². The van der Waals surface area contributed by atoms with Crippen molar-refractivity contribution in [2.75, 3.05) is 32.0 Å². The smallest absolute Gasteiger partial charge is 0.223 e. The molecular formula is C28H27N3O7S2. The summed E-state index contributed by atoms with van der Waals surface area (Å²) in [7, 11) is 5.98. The second kappa shape index (κ2) is 11.8. The Morgan fingerprint density at radius 1 is 1.05 bits per heavy atom. The number of ketones is 2. The van der Waals surface area contributed by atoms with Gasteiger partial charge in [0.15, 0.2) is 5.78 Å². The molecule has 2 aliphatic rings. The highest BCUT2D eigenvalue weighted by molar-refractivity contribution is 8.76. The quantitative estimate of drug-likeness (QED) is 0.0987. The molecule has 2 aromatic carbocycles. The number of benzene rings is 2. The van der Waals surface area contributed by atoms with Crippen molar-refractivity contribution in [2.24, 2.45) is 5.92 Å². The molecule has 2 aliphatic carbocycles. The van der Waals surface area contributed by atoms with Crippen LogP contribution in [0.25, 0.3) is 0 Å². The summed E-state index contributed by atoms with van der Waals surface area (Å²) in [4.78, 5) is 48.9. The number of nitrogens with zero attached hydrogens (tertiary/aromatic N) is 1. The Kier molecular flexibility index (Phi) is 8.19. The molecule has 0 radical (unpaired) electrons. The van der Waals surface area contributed by atoms with Gasteiger partial charge in [-0.3, -0.25) is 24.7 Å². The highest BCUT2D eigenvalue weighted by atomic mass is 33.1. The van der Waals surface area contributed by atoms with Crippen LogP contribution in [0.4, 0.5) is 5.69 Å².